The summed E-state index contributed by atoms with van der Waals surface area (Å²) in [6.07, 6.45) is 39.3. The Morgan fingerprint density at radius 2 is 0.739 bits per heavy atom. The summed E-state index contributed by atoms with van der Waals surface area (Å²) in [7, 11) is 0. The largest absolute Gasteiger partial charge is 0.115 e. The monoisotopic (exact) mass is 594 g/mol. The van der Waals surface area contributed by atoms with E-state index in [-0.39, 0.29) is 21.7 Å². The topological polar surface area (TPSA) is 0 Å². The molecule has 8 bridgehead atoms. The number of hydrogen-bond donors (Lipinski definition) is 0. The summed E-state index contributed by atoms with van der Waals surface area (Å²) >= 11 is 0. The van der Waals surface area contributed by atoms with Crippen LogP contribution < -0.4 is 0 Å². The first-order valence-electron chi connectivity index (χ1n) is 17.6. The zero-order valence-electron chi connectivity index (χ0n) is 26.9. The molecule has 0 radical (unpaired) electrons. The molecule has 46 heavy (non-hydrogen) atoms. The first kappa shape index (κ1) is 28.1. The molecule has 8 aliphatic rings. The van der Waals surface area contributed by atoms with Gasteiger partial charge in [-0.05, 0) is 169 Å². The maximum absolute atomic E-state index is 5.96. The molecule has 11 rings (SSSR count). The Hall–Kier alpha value is -4.10. The van der Waals surface area contributed by atoms with Gasteiger partial charge >= 0.3 is 0 Å². The van der Waals surface area contributed by atoms with Gasteiger partial charge in [-0.25, -0.2) is 0 Å². The van der Waals surface area contributed by atoms with Crippen molar-refractivity contribution in [1.82, 2.24) is 0 Å². The third-order valence-electron chi connectivity index (χ3n) is 14.1. The van der Waals surface area contributed by atoms with E-state index in [9.17, 15) is 0 Å². The highest BCUT2D eigenvalue weighted by Gasteiger charge is 2.61. The predicted molar refractivity (Wildman–Crippen MR) is 187 cm³/mol. The van der Waals surface area contributed by atoms with E-state index in [1.807, 2.05) is 0 Å². The number of rotatable bonds is 4. The summed E-state index contributed by atoms with van der Waals surface area (Å²) in [4.78, 5) is 0. The van der Waals surface area contributed by atoms with Crippen LogP contribution in [0.1, 0.15) is 122 Å². The van der Waals surface area contributed by atoms with Gasteiger partial charge in [0.1, 0.15) is 0 Å². The van der Waals surface area contributed by atoms with E-state index in [0.29, 0.717) is 0 Å². The van der Waals surface area contributed by atoms with Gasteiger partial charge in [0.25, 0.3) is 0 Å². The van der Waals surface area contributed by atoms with Crippen molar-refractivity contribution in [2.24, 2.45) is 23.7 Å². The van der Waals surface area contributed by atoms with Crippen molar-refractivity contribution in [2.75, 3.05) is 0 Å². The Balaban J connectivity index is 1.10. The highest BCUT2D eigenvalue weighted by atomic mass is 14.6. The lowest BCUT2D eigenvalue weighted by atomic mass is 9.40. The molecule has 226 valence electrons. The maximum Gasteiger partial charge on any atom is 0.0402 e. The predicted octanol–water partition coefficient (Wildman–Crippen LogP) is 9.19. The Kier molecular flexibility index (Phi) is 5.94. The average Bonchev–Trinajstić information content (AvgIpc) is 3.06. The molecule has 3 aromatic carbocycles. The van der Waals surface area contributed by atoms with Crippen molar-refractivity contribution in [2.45, 2.75) is 98.7 Å². The summed E-state index contributed by atoms with van der Waals surface area (Å²) in [6.45, 7) is 0. The Morgan fingerprint density at radius 1 is 0.413 bits per heavy atom. The highest BCUT2D eigenvalue weighted by Crippen LogP contribution is 2.68. The quantitative estimate of drug-likeness (QED) is 0.264. The number of hydrogen-bond acceptors (Lipinski definition) is 0. The molecule has 3 aromatic rings. The van der Waals surface area contributed by atoms with Gasteiger partial charge in [0.2, 0.25) is 0 Å². The molecule has 0 aromatic heterocycles. The van der Waals surface area contributed by atoms with Crippen molar-refractivity contribution in [3.05, 3.63) is 105 Å². The van der Waals surface area contributed by atoms with Gasteiger partial charge in [-0.2, -0.15) is 0 Å². The van der Waals surface area contributed by atoms with Crippen LogP contribution in [0.3, 0.4) is 0 Å². The summed E-state index contributed by atoms with van der Waals surface area (Å²) < 4.78 is 0. The van der Waals surface area contributed by atoms with E-state index < -0.39 is 0 Å². The van der Waals surface area contributed by atoms with Crippen molar-refractivity contribution in [3.8, 4) is 49.4 Å². The lowest BCUT2D eigenvalue weighted by Gasteiger charge is -2.64. The molecule has 0 nitrogen and oxygen atoms in total. The Bertz CT molecular complexity index is 1790. The first-order chi connectivity index (χ1) is 22.3. The third kappa shape index (κ3) is 3.93. The van der Waals surface area contributed by atoms with E-state index in [0.717, 1.165) is 45.9 Å². The van der Waals surface area contributed by atoms with Crippen LogP contribution in [-0.2, 0) is 21.7 Å². The zero-order chi connectivity index (χ0) is 31.3. The zero-order valence-corrected chi connectivity index (χ0v) is 26.9. The summed E-state index contributed by atoms with van der Waals surface area (Å²) in [5, 5.41) is 0. The van der Waals surface area contributed by atoms with E-state index in [1.54, 1.807) is 11.1 Å². The molecule has 8 saturated carbocycles. The smallest absolute Gasteiger partial charge is 0.0402 e. The van der Waals surface area contributed by atoms with Crippen LogP contribution in [0, 0.1) is 73.0 Å². The first-order valence-corrected chi connectivity index (χ1v) is 17.6. The fourth-order valence-electron chi connectivity index (χ4n) is 13.3. The number of benzene rings is 3. The van der Waals surface area contributed by atoms with Gasteiger partial charge < -0.3 is 0 Å². The molecular weight excluding hydrogens is 553 g/mol. The van der Waals surface area contributed by atoms with Gasteiger partial charge in [0, 0.05) is 22.3 Å². The Labute approximate surface area is 276 Å². The normalized spacial score (nSPS) is 37.7. The lowest BCUT2D eigenvalue weighted by molar-refractivity contribution is -0.0309. The fraction of sp³-hybridized carbons (Fsp3) is 0.435. The average molecular weight is 595 g/mol. The second-order valence-corrected chi connectivity index (χ2v) is 16.7. The lowest BCUT2D eigenvalue weighted by Crippen LogP contribution is -2.56. The maximum atomic E-state index is 5.96. The molecule has 8 fully saturated rings. The molecule has 0 heterocycles. The van der Waals surface area contributed by atoms with Crippen LogP contribution in [0.5, 0.6) is 0 Å². The van der Waals surface area contributed by atoms with Crippen LogP contribution in [-0.4, -0.2) is 0 Å². The molecular formula is C46H42. The molecule has 4 unspecified atom stereocenters. The van der Waals surface area contributed by atoms with Crippen LogP contribution in [0.25, 0.3) is 0 Å². The molecule has 0 N–H and O–H groups in total. The van der Waals surface area contributed by atoms with Gasteiger partial charge in [0.05, 0.1) is 0 Å². The van der Waals surface area contributed by atoms with E-state index in [2.05, 4.69) is 84.3 Å². The van der Waals surface area contributed by atoms with E-state index in [1.165, 1.54) is 88.2 Å². The van der Waals surface area contributed by atoms with Crippen molar-refractivity contribution in [3.63, 3.8) is 0 Å². The van der Waals surface area contributed by atoms with E-state index in [4.69, 9.17) is 25.7 Å². The third-order valence-corrected chi connectivity index (χ3v) is 14.1. The standard InChI is InChI=1S/C46H42/c1-5-35-12-14-41(18-37(35)7-3)45-25-31-16-32(26-45)22-43(21-31,29-45)39-10-9-11-40(20-39)44-23-33-17-34(24-44)28-46(27-33,30-44)42-15-13-36(6-2)38(8-4)19-42/h1-4,9-15,18-20,31-34H,16-17,21-30H2. The van der Waals surface area contributed by atoms with Crippen LogP contribution in [0.15, 0.2) is 60.7 Å². The second kappa shape index (κ2) is 9.71. The van der Waals surface area contributed by atoms with Gasteiger partial charge in [0.15, 0.2) is 0 Å². The summed E-state index contributed by atoms with van der Waals surface area (Å²) in [6, 6.07) is 23.5. The fourth-order valence-corrected chi connectivity index (χ4v) is 13.3. The van der Waals surface area contributed by atoms with Gasteiger partial charge in [-0.1, -0.05) is 60.1 Å². The summed E-state index contributed by atoms with van der Waals surface area (Å²) in [5.74, 6) is 14.5. The number of terminal acetylenes is 4. The summed E-state index contributed by atoms with van der Waals surface area (Å²) in [5.41, 5.74) is 10.4. The highest BCUT2D eigenvalue weighted by molar-refractivity contribution is 5.54. The SMILES string of the molecule is C#Cc1ccc(C23CC4CC(CC(c5cccc(C67CC8CC(C6)CC(c6ccc(C#C)c(C#C)c6)(C8)C7)c5)(C4)C2)C3)cc1C#C. The van der Waals surface area contributed by atoms with Crippen LogP contribution in [0.4, 0.5) is 0 Å². The van der Waals surface area contributed by atoms with Crippen molar-refractivity contribution in [1.29, 1.82) is 0 Å². The molecule has 8 aliphatic carbocycles. The molecule has 0 aliphatic heterocycles. The molecule has 0 spiro atoms. The minimum atomic E-state index is 0.197. The minimum Gasteiger partial charge on any atom is -0.115 e. The van der Waals surface area contributed by atoms with Gasteiger partial charge in [-0.3, -0.25) is 0 Å². The minimum absolute atomic E-state index is 0.197. The Morgan fingerprint density at radius 3 is 1.07 bits per heavy atom. The van der Waals surface area contributed by atoms with Gasteiger partial charge in [-0.15, -0.1) is 25.7 Å². The van der Waals surface area contributed by atoms with Crippen molar-refractivity contribution < 1.29 is 0 Å². The molecule has 4 atom stereocenters. The van der Waals surface area contributed by atoms with Crippen LogP contribution in [0.2, 0.25) is 0 Å². The second-order valence-electron chi connectivity index (χ2n) is 16.7. The van der Waals surface area contributed by atoms with E-state index >= 15 is 0 Å². The van der Waals surface area contributed by atoms with Crippen molar-refractivity contribution >= 4 is 0 Å². The molecule has 0 heteroatoms. The van der Waals surface area contributed by atoms with Crippen LogP contribution >= 0.6 is 0 Å². The molecule has 0 saturated heterocycles. The molecule has 0 amide bonds.